The molecule has 3 rings (SSSR count). The summed E-state index contributed by atoms with van der Waals surface area (Å²) < 4.78 is 17.6. The highest BCUT2D eigenvalue weighted by Crippen LogP contribution is 2.48. The molecular weight excluding hydrogens is 385 g/mol. The number of benzene rings is 1. The number of nitrogens with one attached hydrogen (secondary N) is 1. The van der Waals surface area contributed by atoms with Crippen LogP contribution in [-0.2, 0) is 19.6 Å². The van der Waals surface area contributed by atoms with E-state index in [1.807, 2.05) is 52.0 Å². The van der Waals surface area contributed by atoms with Gasteiger partial charge in [-0.15, -0.1) is 0 Å². The van der Waals surface area contributed by atoms with Gasteiger partial charge in [0.25, 0.3) is 0 Å². The SMILES string of the molecule is CC(C)(C)OC(=O)NC1(c2ccc(B3OC(C)(C)C(C)(C)O3)cc2)CC(O)(CO)C1. The standard InChI is InChI=1S/C22H34BNO6/c1-18(2,3)28-17(26)24-22(12-21(27,13-22)14-25)15-8-10-16(11-9-15)23-29-19(4,5)20(6,7)30-23/h8-11,25,27H,12-14H2,1-7H3,(H,24,26). The van der Waals surface area contributed by atoms with Crippen molar-refractivity contribution in [3.05, 3.63) is 29.8 Å². The minimum Gasteiger partial charge on any atom is -0.444 e. The third-order valence-electron chi connectivity index (χ3n) is 6.28. The minimum atomic E-state index is -1.22. The summed E-state index contributed by atoms with van der Waals surface area (Å²) in [5.41, 5.74) is -1.83. The maximum atomic E-state index is 12.4. The lowest BCUT2D eigenvalue weighted by Crippen LogP contribution is -2.64. The zero-order valence-electron chi connectivity index (χ0n) is 19.0. The molecule has 0 atom stereocenters. The van der Waals surface area contributed by atoms with E-state index in [0.29, 0.717) is 0 Å². The van der Waals surface area contributed by atoms with E-state index in [4.69, 9.17) is 14.0 Å². The molecule has 1 aliphatic heterocycles. The summed E-state index contributed by atoms with van der Waals surface area (Å²) in [5, 5.41) is 22.8. The first-order chi connectivity index (χ1) is 13.6. The molecule has 1 aromatic carbocycles. The summed E-state index contributed by atoms with van der Waals surface area (Å²) in [6.07, 6.45) is -0.158. The van der Waals surface area contributed by atoms with Gasteiger partial charge in [-0.25, -0.2) is 4.79 Å². The predicted molar refractivity (Wildman–Crippen MR) is 114 cm³/mol. The molecule has 1 aliphatic carbocycles. The molecule has 2 aliphatic rings. The van der Waals surface area contributed by atoms with Gasteiger partial charge in [0.05, 0.1) is 28.9 Å². The molecule has 3 N–H and O–H groups in total. The van der Waals surface area contributed by atoms with Crippen molar-refractivity contribution in [1.29, 1.82) is 0 Å². The van der Waals surface area contributed by atoms with E-state index in [-0.39, 0.29) is 19.4 Å². The molecule has 166 valence electrons. The van der Waals surface area contributed by atoms with Crippen molar-refractivity contribution in [2.24, 2.45) is 0 Å². The number of hydrogen-bond acceptors (Lipinski definition) is 6. The van der Waals surface area contributed by atoms with Crippen molar-refractivity contribution in [2.75, 3.05) is 6.61 Å². The van der Waals surface area contributed by atoms with E-state index in [2.05, 4.69) is 5.32 Å². The molecule has 0 spiro atoms. The lowest BCUT2D eigenvalue weighted by Gasteiger charge is -2.53. The average Bonchev–Trinajstić information content (AvgIpc) is 2.79. The number of aliphatic hydroxyl groups is 2. The number of aliphatic hydroxyl groups excluding tert-OH is 1. The third-order valence-corrected chi connectivity index (χ3v) is 6.28. The second-order valence-corrected chi connectivity index (χ2v) is 10.7. The number of amides is 1. The number of carbonyl (C=O) groups excluding carboxylic acids is 1. The Morgan fingerprint density at radius 2 is 1.60 bits per heavy atom. The summed E-state index contributed by atoms with van der Waals surface area (Å²) >= 11 is 0. The molecule has 0 bridgehead atoms. The normalized spacial score (nSPS) is 30.0. The second kappa shape index (κ2) is 7.23. The molecule has 1 aromatic rings. The van der Waals surface area contributed by atoms with Gasteiger partial charge in [0.15, 0.2) is 0 Å². The van der Waals surface area contributed by atoms with Gasteiger partial charge in [0.1, 0.15) is 5.60 Å². The molecule has 30 heavy (non-hydrogen) atoms. The van der Waals surface area contributed by atoms with Crippen LogP contribution in [0.2, 0.25) is 0 Å². The van der Waals surface area contributed by atoms with Crippen LogP contribution in [0, 0.1) is 0 Å². The van der Waals surface area contributed by atoms with Crippen molar-refractivity contribution < 1.29 is 29.1 Å². The molecule has 7 nitrogen and oxygen atoms in total. The molecule has 1 saturated heterocycles. The van der Waals surface area contributed by atoms with Crippen LogP contribution in [0.5, 0.6) is 0 Å². The summed E-state index contributed by atoms with van der Waals surface area (Å²) in [7, 11) is -0.477. The molecule has 2 fully saturated rings. The highest BCUT2D eigenvalue weighted by molar-refractivity contribution is 6.62. The zero-order valence-corrected chi connectivity index (χ0v) is 19.0. The number of carbonyl (C=O) groups is 1. The van der Waals surface area contributed by atoms with Crippen LogP contribution in [0.25, 0.3) is 0 Å². The van der Waals surface area contributed by atoms with E-state index >= 15 is 0 Å². The van der Waals surface area contributed by atoms with Gasteiger partial charge in [0, 0.05) is 12.8 Å². The van der Waals surface area contributed by atoms with Gasteiger partial charge in [-0.05, 0) is 59.5 Å². The minimum absolute atomic E-state index is 0.200. The van der Waals surface area contributed by atoms with Crippen LogP contribution < -0.4 is 10.8 Å². The maximum Gasteiger partial charge on any atom is 0.494 e. The van der Waals surface area contributed by atoms with Crippen molar-refractivity contribution in [2.45, 2.75) is 89.3 Å². The topological polar surface area (TPSA) is 97.3 Å². The van der Waals surface area contributed by atoms with Crippen LogP contribution >= 0.6 is 0 Å². The van der Waals surface area contributed by atoms with E-state index < -0.39 is 41.2 Å². The van der Waals surface area contributed by atoms with Gasteiger partial charge in [-0.1, -0.05) is 24.3 Å². The fourth-order valence-corrected chi connectivity index (χ4v) is 3.99. The fraction of sp³-hybridized carbons (Fsp3) is 0.682. The maximum absolute atomic E-state index is 12.4. The first-order valence-corrected chi connectivity index (χ1v) is 10.4. The van der Waals surface area contributed by atoms with Crippen LogP contribution in [0.4, 0.5) is 4.79 Å². The Morgan fingerprint density at radius 3 is 2.03 bits per heavy atom. The molecule has 0 unspecified atom stereocenters. The largest absolute Gasteiger partial charge is 0.494 e. The zero-order chi connectivity index (χ0) is 22.6. The molecule has 1 heterocycles. The van der Waals surface area contributed by atoms with Gasteiger partial charge < -0.3 is 29.6 Å². The van der Waals surface area contributed by atoms with E-state index in [1.54, 1.807) is 20.8 Å². The quantitative estimate of drug-likeness (QED) is 0.648. The van der Waals surface area contributed by atoms with Gasteiger partial charge in [-0.2, -0.15) is 0 Å². The van der Waals surface area contributed by atoms with Crippen molar-refractivity contribution >= 4 is 18.7 Å². The summed E-state index contributed by atoms with van der Waals surface area (Å²) in [4.78, 5) is 12.4. The van der Waals surface area contributed by atoms with Crippen LogP contribution in [0.15, 0.2) is 24.3 Å². The Bertz CT molecular complexity index is 777. The Balaban J connectivity index is 1.81. The van der Waals surface area contributed by atoms with Crippen LogP contribution in [0.1, 0.15) is 66.9 Å². The predicted octanol–water partition coefficient (Wildman–Crippen LogP) is 2.22. The molecule has 1 saturated carbocycles. The fourth-order valence-electron chi connectivity index (χ4n) is 3.99. The number of hydrogen-bond donors (Lipinski definition) is 3. The van der Waals surface area contributed by atoms with Crippen LogP contribution in [-0.4, -0.2) is 52.4 Å². The number of alkyl carbamates (subject to hydrolysis) is 1. The first-order valence-electron chi connectivity index (χ1n) is 10.4. The number of rotatable bonds is 4. The van der Waals surface area contributed by atoms with Crippen molar-refractivity contribution in [3.63, 3.8) is 0 Å². The average molecular weight is 419 g/mol. The monoisotopic (exact) mass is 419 g/mol. The summed E-state index contributed by atoms with van der Waals surface area (Å²) in [6.45, 7) is 13.0. The third kappa shape index (κ3) is 4.37. The Kier molecular flexibility index (Phi) is 5.56. The van der Waals surface area contributed by atoms with Crippen LogP contribution in [0.3, 0.4) is 0 Å². The Labute approximate surface area is 179 Å². The van der Waals surface area contributed by atoms with E-state index in [9.17, 15) is 15.0 Å². The Morgan fingerprint density at radius 1 is 1.10 bits per heavy atom. The Hall–Kier alpha value is -1.61. The summed E-state index contributed by atoms with van der Waals surface area (Å²) in [6, 6.07) is 7.61. The molecule has 0 radical (unpaired) electrons. The van der Waals surface area contributed by atoms with Crippen molar-refractivity contribution in [3.8, 4) is 0 Å². The lowest BCUT2D eigenvalue weighted by molar-refractivity contribution is -0.131. The molecule has 8 heteroatoms. The summed E-state index contributed by atoms with van der Waals surface area (Å²) in [5.74, 6) is 0. The van der Waals surface area contributed by atoms with E-state index in [1.165, 1.54) is 0 Å². The highest BCUT2D eigenvalue weighted by atomic mass is 16.7. The van der Waals surface area contributed by atoms with Gasteiger partial charge in [-0.3, -0.25) is 0 Å². The first kappa shape index (κ1) is 23.1. The van der Waals surface area contributed by atoms with E-state index in [0.717, 1.165) is 11.0 Å². The van der Waals surface area contributed by atoms with Gasteiger partial charge in [0.2, 0.25) is 0 Å². The van der Waals surface area contributed by atoms with Crippen molar-refractivity contribution in [1.82, 2.24) is 5.32 Å². The lowest BCUT2D eigenvalue weighted by atomic mass is 9.61. The molecule has 1 amide bonds. The smallest absolute Gasteiger partial charge is 0.444 e. The molecular formula is C22H34BNO6. The number of ether oxygens (including phenoxy) is 1. The highest BCUT2D eigenvalue weighted by Gasteiger charge is 2.56. The van der Waals surface area contributed by atoms with Gasteiger partial charge >= 0.3 is 13.2 Å². The second-order valence-electron chi connectivity index (χ2n) is 10.7. The molecule has 0 aromatic heterocycles.